The number of nitrogens with one attached hydrogen (secondary N) is 2. The van der Waals surface area contributed by atoms with Crippen LogP contribution in [-0.2, 0) is 4.79 Å². The number of amides is 1. The van der Waals surface area contributed by atoms with Crippen molar-refractivity contribution >= 4 is 5.91 Å². The van der Waals surface area contributed by atoms with E-state index in [-0.39, 0.29) is 5.91 Å². The maximum Gasteiger partial charge on any atom is 0.221 e. The molecule has 3 nitrogen and oxygen atoms in total. The Kier molecular flexibility index (Phi) is 6.41. The Hall–Kier alpha value is -0.570. The molecular weight excluding hydrogens is 188 g/mol. The molecule has 1 aliphatic carbocycles. The van der Waals surface area contributed by atoms with Crippen LogP contribution in [0.5, 0.6) is 0 Å². The maximum absolute atomic E-state index is 11.1. The fourth-order valence-electron chi connectivity index (χ4n) is 2.18. The van der Waals surface area contributed by atoms with Gasteiger partial charge in [-0.3, -0.25) is 4.79 Å². The molecule has 0 radical (unpaired) electrons. The van der Waals surface area contributed by atoms with E-state index < -0.39 is 0 Å². The van der Waals surface area contributed by atoms with Crippen molar-refractivity contribution in [3.8, 4) is 0 Å². The summed E-state index contributed by atoms with van der Waals surface area (Å²) in [5.41, 5.74) is 0. The van der Waals surface area contributed by atoms with Crippen molar-refractivity contribution in [1.29, 1.82) is 0 Å². The maximum atomic E-state index is 11.1. The molecule has 1 aliphatic rings. The van der Waals surface area contributed by atoms with Gasteiger partial charge in [-0.25, -0.2) is 0 Å². The summed E-state index contributed by atoms with van der Waals surface area (Å²) in [5.74, 6) is 1.02. The van der Waals surface area contributed by atoms with E-state index in [0.29, 0.717) is 6.42 Å². The molecule has 15 heavy (non-hydrogen) atoms. The second-order valence-corrected chi connectivity index (χ2v) is 4.41. The molecule has 0 atom stereocenters. The number of hydrogen-bond acceptors (Lipinski definition) is 2. The van der Waals surface area contributed by atoms with Crippen molar-refractivity contribution in [3.63, 3.8) is 0 Å². The molecule has 1 amide bonds. The van der Waals surface area contributed by atoms with E-state index in [0.717, 1.165) is 25.6 Å². The Morgan fingerprint density at radius 1 is 1.27 bits per heavy atom. The summed E-state index contributed by atoms with van der Waals surface area (Å²) in [7, 11) is 0. The average Bonchev–Trinajstić information content (AvgIpc) is 2.26. The molecule has 0 aromatic heterocycles. The van der Waals surface area contributed by atoms with Gasteiger partial charge >= 0.3 is 0 Å². The van der Waals surface area contributed by atoms with E-state index in [9.17, 15) is 4.79 Å². The highest BCUT2D eigenvalue weighted by Gasteiger charge is 2.12. The van der Waals surface area contributed by atoms with Crippen LogP contribution >= 0.6 is 0 Å². The highest BCUT2D eigenvalue weighted by Crippen LogP contribution is 2.22. The summed E-state index contributed by atoms with van der Waals surface area (Å²) in [6.45, 7) is 4.61. The molecule has 0 aromatic carbocycles. The van der Waals surface area contributed by atoms with Crippen LogP contribution < -0.4 is 10.6 Å². The van der Waals surface area contributed by atoms with E-state index in [1.807, 2.05) is 6.92 Å². The molecule has 1 fully saturated rings. The Labute approximate surface area is 93.0 Å². The van der Waals surface area contributed by atoms with Crippen LogP contribution in [0.2, 0.25) is 0 Å². The molecule has 0 heterocycles. The van der Waals surface area contributed by atoms with Crippen LogP contribution in [0.3, 0.4) is 0 Å². The molecule has 1 rings (SSSR count). The highest BCUT2D eigenvalue weighted by atomic mass is 16.1. The smallest absolute Gasteiger partial charge is 0.221 e. The van der Waals surface area contributed by atoms with Gasteiger partial charge in [0.25, 0.3) is 0 Å². The Bertz CT molecular complexity index is 176. The highest BCUT2D eigenvalue weighted by molar-refractivity contribution is 5.75. The minimum atomic E-state index is 0.161. The van der Waals surface area contributed by atoms with Crippen molar-refractivity contribution in [2.75, 3.05) is 19.6 Å². The predicted molar refractivity (Wildman–Crippen MR) is 62.7 cm³/mol. The lowest BCUT2D eigenvalue weighted by Crippen LogP contribution is -2.30. The first-order valence-corrected chi connectivity index (χ1v) is 6.30. The first-order chi connectivity index (χ1) is 7.33. The van der Waals surface area contributed by atoms with Crippen molar-refractivity contribution < 1.29 is 4.79 Å². The molecule has 0 aliphatic heterocycles. The van der Waals surface area contributed by atoms with Gasteiger partial charge in [0.1, 0.15) is 0 Å². The van der Waals surface area contributed by atoms with Gasteiger partial charge in [-0.15, -0.1) is 0 Å². The Morgan fingerprint density at radius 2 is 2.00 bits per heavy atom. The average molecular weight is 212 g/mol. The summed E-state index contributed by atoms with van der Waals surface area (Å²) in [5, 5.41) is 6.19. The third-order valence-electron chi connectivity index (χ3n) is 3.06. The number of carbonyl (C=O) groups is 1. The normalized spacial score (nSPS) is 17.7. The van der Waals surface area contributed by atoms with E-state index in [1.54, 1.807) is 0 Å². The molecular formula is C12H24N2O. The van der Waals surface area contributed by atoms with Crippen molar-refractivity contribution in [3.05, 3.63) is 0 Å². The quantitative estimate of drug-likeness (QED) is 0.658. The summed E-state index contributed by atoms with van der Waals surface area (Å²) >= 11 is 0. The second-order valence-electron chi connectivity index (χ2n) is 4.41. The van der Waals surface area contributed by atoms with Gasteiger partial charge in [-0.2, -0.15) is 0 Å². The van der Waals surface area contributed by atoms with Crippen LogP contribution in [0.1, 0.15) is 45.4 Å². The lowest BCUT2D eigenvalue weighted by molar-refractivity contribution is -0.120. The molecule has 0 aromatic rings. The van der Waals surface area contributed by atoms with Crippen LogP contribution in [-0.4, -0.2) is 25.5 Å². The standard InChI is InChI=1S/C12H24N2O/c1-2-14-12(15)8-9-13-10-11-6-4-3-5-7-11/h11,13H,2-10H2,1H3,(H,14,15). The number of carbonyl (C=O) groups excluding carboxylic acids is 1. The molecule has 0 unspecified atom stereocenters. The third kappa shape index (κ3) is 5.78. The SMILES string of the molecule is CCNC(=O)CCNCC1CCCCC1. The van der Waals surface area contributed by atoms with E-state index in [4.69, 9.17) is 0 Å². The van der Waals surface area contributed by atoms with Gasteiger partial charge in [0.15, 0.2) is 0 Å². The van der Waals surface area contributed by atoms with Crippen LogP contribution in [0.4, 0.5) is 0 Å². The summed E-state index contributed by atoms with van der Waals surface area (Å²) in [4.78, 5) is 11.1. The molecule has 2 N–H and O–H groups in total. The zero-order valence-electron chi connectivity index (χ0n) is 9.85. The van der Waals surface area contributed by atoms with Crippen LogP contribution in [0.15, 0.2) is 0 Å². The molecule has 0 bridgehead atoms. The largest absolute Gasteiger partial charge is 0.356 e. The fraction of sp³-hybridized carbons (Fsp3) is 0.917. The molecule has 1 saturated carbocycles. The molecule has 0 spiro atoms. The van der Waals surface area contributed by atoms with Gasteiger partial charge in [0.05, 0.1) is 0 Å². The number of hydrogen-bond donors (Lipinski definition) is 2. The summed E-state index contributed by atoms with van der Waals surface area (Å²) in [6, 6.07) is 0. The van der Waals surface area contributed by atoms with Gasteiger partial charge in [0.2, 0.25) is 5.91 Å². The van der Waals surface area contributed by atoms with E-state index in [1.165, 1.54) is 32.1 Å². The predicted octanol–water partition coefficient (Wildman–Crippen LogP) is 1.68. The minimum Gasteiger partial charge on any atom is -0.356 e. The van der Waals surface area contributed by atoms with Gasteiger partial charge in [-0.05, 0) is 32.2 Å². The zero-order chi connectivity index (χ0) is 10.9. The van der Waals surface area contributed by atoms with Crippen LogP contribution in [0, 0.1) is 5.92 Å². The first-order valence-electron chi connectivity index (χ1n) is 6.30. The van der Waals surface area contributed by atoms with E-state index in [2.05, 4.69) is 10.6 Å². The molecule has 3 heteroatoms. The van der Waals surface area contributed by atoms with Crippen molar-refractivity contribution in [2.24, 2.45) is 5.92 Å². The summed E-state index contributed by atoms with van der Waals surface area (Å²) in [6.07, 6.45) is 7.55. The van der Waals surface area contributed by atoms with E-state index >= 15 is 0 Å². The lowest BCUT2D eigenvalue weighted by Gasteiger charge is -2.21. The molecule has 0 saturated heterocycles. The Morgan fingerprint density at radius 3 is 2.67 bits per heavy atom. The monoisotopic (exact) mass is 212 g/mol. The topological polar surface area (TPSA) is 41.1 Å². The van der Waals surface area contributed by atoms with Crippen LogP contribution in [0.25, 0.3) is 0 Å². The van der Waals surface area contributed by atoms with Gasteiger partial charge < -0.3 is 10.6 Å². The number of rotatable bonds is 6. The third-order valence-corrected chi connectivity index (χ3v) is 3.06. The van der Waals surface area contributed by atoms with Gasteiger partial charge in [0, 0.05) is 19.5 Å². The Balaban J connectivity index is 1.93. The zero-order valence-corrected chi connectivity index (χ0v) is 9.85. The second kappa shape index (κ2) is 7.69. The van der Waals surface area contributed by atoms with Gasteiger partial charge in [-0.1, -0.05) is 19.3 Å². The fourth-order valence-corrected chi connectivity index (χ4v) is 2.18. The summed E-state index contributed by atoms with van der Waals surface area (Å²) < 4.78 is 0. The minimum absolute atomic E-state index is 0.161. The van der Waals surface area contributed by atoms with Crippen molar-refractivity contribution in [1.82, 2.24) is 10.6 Å². The molecule has 88 valence electrons. The van der Waals surface area contributed by atoms with Crippen molar-refractivity contribution in [2.45, 2.75) is 45.4 Å². The lowest BCUT2D eigenvalue weighted by atomic mass is 9.89. The first kappa shape index (κ1) is 12.5.